The molecule has 0 spiro atoms. The highest BCUT2D eigenvalue weighted by Crippen LogP contribution is 2.30. The van der Waals surface area contributed by atoms with E-state index in [1.165, 1.54) is 4.31 Å². The van der Waals surface area contributed by atoms with Crippen LogP contribution in [0, 0.1) is 0 Å². The minimum atomic E-state index is -3.45. The lowest BCUT2D eigenvalue weighted by Gasteiger charge is -2.26. The van der Waals surface area contributed by atoms with Crippen molar-refractivity contribution in [1.29, 1.82) is 0 Å². The Morgan fingerprint density at radius 3 is 2.48 bits per heavy atom. The van der Waals surface area contributed by atoms with Gasteiger partial charge in [0.2, 0.25) is 16.1 Å². The van der Waals surface area contributed by atoms with E-state index in [0.717, 1.165) is 19.3 Å². The average molecular weight is 447 g/mol. The van der Waals surface area contributed by atoms with Gasteiger partial charge in [-0.25, -0.2) is 8.42 Å². The lowest BCUT2D eigenvalue weighted by molar-refractivity contribution is -0.130. The summed E-state index contributed by atoms with van der Waals surface area (Å²) in [5.74, 6) is 1.43. The highest BCUT2D eigenvalue weighted by Gasteiger charge is 2.27. The third kappa shape index (κ3) is 5.11. The predicted molar refractivity (Wildman–Crippen MR) is 114 cm³/mol. The maximum Gasteiger partial charge on any atom is 0.264 e. The molecule has 2 aliphatic heterocycles. The van der Waals surface area contributed by atoms with Gasteiger partial charge in [-0.2, -0.15) is 4.31 Å². The van der Waals surface area contributed by atoms with Crippen molar-refractivity contribution in [3.05, 3.63) is 48.5 Å². The average Bonchev–Trinajstić information content (AvgIpc) is 2.82. The Kier molecular flexibility index (Phi) is 6.62. The van der Waals surface area contributed by atoms with Crippen LogP contribution in [0.5, 0.6) is 17.2 Å². The minimum absolute atomic E-state index is 0.149. The normalized spacial score (nSPS) is 18.9. The summed E-state index contributed by atoms with van der Waals surface area (Å²) in [5, 5.41) is 2.76. The zero-order valence-electron chi connectivity index (χ0n) is 17.2. The third-order valence-corrected chi connectivity index (χ3v) is 7.16. The van der Waals surface area contributed by atoms with Gasteiger partial charge in [0.15, 0.2) is 11.5 Å². The fourth-order valence-corrected chi connectivity index (χ4v) is 5.08. The van der Waals surface area contributed by atoms with E-state index in [1.54, 1.807) is 36.4 Å². The number of nitrogens with zero attached hydrogens (tertiary/aromatic N) is 1. The van der Waals surface area contributed by atoms with Crippen LogP contribution < -0.4 is 19.5 Å². The monoisotopic (exact) mass is 446 g/mol. The van der Waals surface area contributed by atoms with Crippen LogP contribution in [0.25, 0.3) is 0 Å². The van der Waals surface area contributed by atoms with E-state index in [-0.39, 0.29) is 30.6 Å². The molecule has 31 heavy (non-hydrogen) atoms. The van der Waals surface area contributed by atoms with Gasteiger partial charge in [0, 0.05) is 13.1 Å². The van der Waals surface area contributed by atoms with Crippen LogP contribution in [0.4, 0.5) is 0 Å². The maximum atomic E-state index is 12.7. The molecule has 2 heterocycles. The maximum absolute atomic E-state index is 12.7. The van der Waals surface area contributed by atoms with Crippen molar-refractivity contribution < 1.29 is 27.4 Å². The number of benzene rings is 2. The van der Waals surface area contributed by atoms with Crippen molar-refractivity contribution in [3.63, 3.8) is 0 Å². The number of fused-ring (bicyclic) bond motifs is 1. The van der Waals surface area contributed by atoms with Crippen LogP contribution in [0.2, 0.25) is 0 Å². The van der Waals surface area contributed by atoms with E-state index in [4.69, 9.17) is 14.2 Å². The van der Waals surface area contributed by atoms with Gasteiger partial charge >= 0.3 is 0 Å². The van der Waals surface area contributed by atoms with Gasteiger partial charge in [-0.3, -0.25) is 4.79 Å². The predicted octanol–water partition coefficient (Wildman–Crippen LogP) is 2.20. The second-order valence-electron chi connectivity index (χ2n) is 7.44. The molecule has 1 fully saturated rings. The summed E-state index contributed by atoms with van der Waals surface area (Å²) in [6.45, 7) is 1.82. The molecule has 166 valence electrons. The van der Waals surface area contributed by atoms with Crippen LogP contribution in [0.3, 0.4) is 0 Å². The fourth-order valence-electron chi connectivity index (χ4n) is 3.57. The van der Waals surface area contributed by atoms with Crippen molar-refractivity contribution in [2.24, 2.45) is 0 Å². The molecule has 0 aliphatic carbocycles. The first-order chi connectivity index (χ1) is 15.0. The number of para-hydroxylation sites is 2. The Labute approximate surface area is 182 Å². The Bertz CT molecular complexity index is 1000. The molecule has 1 unspecified atom stereocenters. The summed E-state index contributed by atoms with van der Waals surface area (Å²) in [4.78, 5) is 12.5. The SMILES string of the molecule is O=C(NCCOc1ccc(S(=O)(=O)N2CCCCC2)cc1)C1COc2ccccc2O1. The molecule has 2 aromatic rings. The van der Waals surface area contributed by atoms with Crippen LogP contribution in [0.15, 0.2) is 53.4 Å². The summed E-state index contributed by atoms with van der Waals surface area (Å²) >= 11 is 0. The third-order valence-electron chi connectivity index (χ3n) is 5.25. The van der Waals surface area contributed by atoms with Gasteiger partial charge < -0.3 is 19.5 Å². The Balaban J connectivity index is 1.23. The van der Waals surface area contributed by atoms with Crippen molar-refractivity contribution in [3.8, 4) is 17.2 Å². The number of sulfonamides is 1. The Morgan fingerprint density at radius 1 is 1.03 bits per heavy atom. The van der Waals surface area contributed by atoms with E-state index in [1.807, 2.05) is 12.1 Å². The molecule has 0 radical (unpaired) electrons. The summed E-state index contributed by atoms with van der Waals surface area (Å²) in [7, 11) is -3.45. The molecule has 4 rings (SSSR count). The summed E-state index contributed by atoms with van der Waals surface area (Å²) in [6, 6.07) is 13.6. The summed E-state index contributed by atoms with van der Waals surface area (Å²) in [6.07, 6.45) is 2.16. The van der Waals surface area contributed by atoms with E-state index in [9.17, 15) is 13.2 Å². The van der Waals surface area contributed by atoms with Crippen molar-refractivity contribution >= 4 is 15.9 Å². The number of hydrogen-bond donors (Lipinski definition) is 1. The van der Waals surface area contributed by atoms with E-state index in [0.29, 0.717) is 30.3 Å². The molecular weight excluding hydrogens is 420 g/mol. The number of carbonyl (C=O) groups is 1. The highest BCUT2D eigenvalue weighted by atomic mass is 32.2. The van der Waals surface area contributed by atoms with Gasteiger partial charge in [0.05, 0.1) is 11.4 Å². The number of rotatable bonds is 7. The minimum Gasteiger partial charge on any atom is -0.492 e. The molecule has 8 nitrogen and oxygen atoms in total. The molecule has 1 amide bonds. The topological polar surface area (TPSA) is 94.2 Å². The number of ether oxygens (including phenoxy) is 3. The molecule has 0 bridgehead atoms. The zero-order chi connectivity index (χ0) is 21.7. The molecule has 2 aliphatic rings. The number of piperidine rings is 1. The first-order valence-electron chi connectivity index (χ1n) is 10.4. The molecule has 0 saturated carbocycles. The Morgan fingerprint density at radius 2 is 1.74 bits per heavy atom. The van der Waals surface area contributed by atoms with Gasteiger partial charge in [0.25, 0.3) is 5.91 Å². The first kappa shape index (κ1) is 21.5. The number of hydrogen-bond acceptors (Lipinski definition) is 6. The van der Waals surface area contributed by atoms with E-state index in [2.05, 4.69) is 5.32 Å². The lowest BCUT2D eigenvalue weighted by atomic mass is 10.2. The van der Waals surface area contributed by atoms with Crippen molar-refractivity contribution in [2.75, 3.05) is 32.8 Å². The van der Waals surface area contributed by atoms with E-state index >= 15 is 0 Å². The van der Waals surface area contributed by atoms with Crippen LogP contribution >= 0.6 is 0 Å². The molecular formula is C22H26N2O6S. The standard InChI is InChI=1S/C22H26N2O6S/c25-22(21-16-29-19-6-2-3-7-20(19)30-21)23-12-15-28-17-8-10-18(11-9-17)31(26,27)24-13-4-1-5-14-24/h2-3,6-11,21H,1,4-5,12-16H2,(H,23,25). The number of amides is 1. The molecule has 0 aromatic heterocycles. The second kappa shape index (κ2) is 9.57. The largest absolute Gasteiger partial charge is 0.492 e. The second-order valence-corrected chi connectivity index (χ2v) is 9.38. The molecule has 2 aromatic carbocycles. The quantitative estimate of drug-likeness (QED) is 0.656. The van der Waals surface area contributed by atoms with Gasteiger partial charge in [-0.1, -0.05) is 18.6 Å². The fraction of sp³-hybridized carbons (Fsp3) is 0.409. The van der Waals surface area contributed by atoms with Crippen molar-refractivity contribution in [2.45, 2.75) is 30.3 Å². The molecule has 9 heteroatoms. The summed E-state index contributed by atoms with van der Waals surface area (Å²) in [5.41, 5.74) is 0. The zero-order valence-corrected chi connectivity index (χ0v) is 18.0. The summed E-state index contributed by atoms with van der Waals surface area (Å²) < 4.78 is 43.7. The first-order valence-corrected chi connectivity index (χ1v) is 11.9. The smallest absolute Gasteiger partial charge is 0.264 e. The van der Waals surface area contributed by atoms with Gasteiger partial charge in [-0.15, -0.1) is 0 Å². The van der Waals surface area contributed by atoms with Gasteiger partial charge in [-0.05, 0) is 49.2 Å². The molecule has 1 atom stereocenters. The Hall–Kier alpha value is -2.78. The molecule has 1 N–H and O–H groups in total. The number of nitrogens with one attached hydrogen (secondary N) is 1. The van der Waals surface area contributed by atoms with Crippen LogP contribution in [-0.4, -0.2) is 57.6 Å². The number of carbonyl (C=O) groups excluding carboxylic acids is 1. The van der Waals surface area contributed by atoms with E-state index < -0.39 is 16.1 Å². The van der Waals surface area contributed by atoms with Gasteiger partial charge in [0.1, 0.15) is 19.0 Å². The van der Waals surface area contributed by atoms with Crippen molar-refractivity contribution in [1.82, 2.24) is 9.62 Å². The van der Waals surface area contributed by atoms with Crippen LogP contribution in [-0.2, 0) is 14.8 Å². The highest BCUT2D eigenvalue weighted by molar-refractivity contribution is 7.89. The van der Waals surface area contributed by atoms with Crippen LogP contribution in [0.1, 0.15) is 19.3 Å². The molecule has 1 saturated heterocycles. The lowest BCUT2D eigenvalue weighted by Crippen LogP contribution is -2.45.